The highest BCUT2D eigenvalue weighted by atomic mass is 16.3. The molecule has 0 aliphatic rings. The van der Waals surface area contributed by atoms with Crippen LogP contribution in [0.3, 0.4) is 0 Å². The molecule has 3 nitrogen and oxygen atoms in total. The lowest BCUT2D eigenvalue weighted by atomic mass is 9.99. The lowest BCUT2D eigenvalue weighted by molar-refractivity contribution is 0.0947. The first-order valence-electron chi connectivity index (χ1n) is 5.96. The van der Waals surface area contributed by atoms with E-state index < -0.39 is 0 Å². The van der Waals surface area contributed by atoms with Crippen molar-refractivity contribution >= 4 is 5.91 Å². The molecule has 0 atom stereocenters. The van der Waals surface area contributed by atoms with Gasteiger partial charge in [0.2, 0.25) is 0 Å². The Kier molecular flexibility index (Phi) is 3.51. The number of hydrogen-bond donors (Lipinski definition) is 1. The Hall–Kier alpha value is -2.03. The standard InChI is InChI=1S/C15H17NO2/c1-10-7-11(2)14(12(3)8-10)15(17)16-9-13-5-4-6-18-13/h4-8H,9H2,1-3H3,(H,16,17). The number of aryl methyl sites for hydroxylation is 3. The van der Waals surface area contributed by atoms with Gasteiger partial charge in [0.05, 0.1) is 12.8 Å². The largest absolute Gasteiger partial charge is 0.467 e. The molecule has 1 aromatic heterocycles. The van der Waals surface area contributed by atoms with Gasteiger partial charge in [-0.2, -0.15) is 0 Å². The average Bonchev–Trinajstić information content (AvgIpc) is 2.77. The zero-order chi connectivity index (χ0) is 13.1. The topological polar surface area (TPSA) is 42.2 Å². The van der Waals surface area contributed by atoms with E-state index in [2.05, 4.69) is 5.32 Å². The first-order chi connectivity index (χ1) is 8.58. The molecular formula is C15H17NO2. The zero-order valence-electron chi connectivity index (χ0n) is 10.9. The first kappa shape index (κ1) is 12.4. The minimum absolute atomic E-state index is 0.0543. The first-order valence-corrected chi connectivity index (χ1v) is 5.96. The van der Waals surface area contributed by atoms with Crippen LogP contribution in [0.5, 0.6) is 0 Å². The molecule has 1 heterocycles. The van der Waals surface area contributed by atoms with E-state index in [-0.39, 0.29) is 5.91 Å². The third-order valence-electron chi connectivity index (χ3n) is 2.91. The summed E-state index contributed by atoms with van der Waals surface area (Å²) < 4.78 is 5.18. The molecule has 2 rings (SSSR count). The SMILES string of the molecule is Cc1cc(C)c(C(=O)NCc2ccco2)c(C)c1. The predicted molar refractivity (Wildman–Crippen MR) is 70.5 cm³/mol. The monoisotopic (exact) mass is 243 g/mol. The van der Waals surface area contributed by atoms with Crippen LogP contribution in [0.2, 0.25) is 0 Å². The summed E-state index contributed by atoms with van der Waals surface area (Å²) in [7, 11) is 0. The Balaban J connectivity index is 2.14. The van der Waals surface area contributed by atoms with E-state index in [1.165, 1.54) is 5.56 Å². The fourth-order valence-corrected chi connectivity index (χ4v) is 2.21. The predicted octanol–water partition coefficient (Wildman–Crippen LogP) is 3.13. The lowest BCUT2D eigenvalue weighted by Gasteiger charge is -2.11. The van der Waals surface area contributed by atoms with Gasteiger partial charge in [0.1, 0.15) is 5.76 Å². The zero-order valence-corrected chi connectivity index (χ0v) is 10.9. The van der Waals surface area contributed by atoms with Crippen LogP contribution in [0.1, 0.15) is 32.8 Å². The van der Waals surface area contributed by atoms with Crippen molar-refractivity contribution in [3.8, 4) is 0 Å². The van der Waals surface area contributed by atoms with Crippen LogP contribution in [0, 0.1) is 20.8 Å². The average molecular weight is 243 g/mol. The summed E-state index contributed by atoms with van der Waals surface area (Å²) in [5.74, 6) is 0.701. The van der Waals surface area contributed by atoms with Crippen LogP contribution in [0.4, 0.5) is 0 Å². The molecule has 0 aliphatic carbocycles. The van der Waals surface area contributed by atoms with E-state index in [9.17, 15) is 4.79 Å². The number of furan rings is 1. The van der Waals surface area contributed by atoms with Crippen molar-refractivity contribution in [2.45, 2.75) is 27.3 Å². The van der Waals surface area contributed by atoms with Crippen molar-refractivity contribution in [3.63, 3.8) is 0 Å². The fourth-order valence-electron chi connectivity index (χ4n) is 2.21. The van der Waals surface area contributed by atoms with Crippen molar-refractivity contribution in [1.29, 1.82) is 0 Å². The summed E-state index contributed by atoms with van der Waals surface area (Å²) in [5, 5.41) is 2.87. The highest BCUT2D eigenvalue weighted by Crippen LogP contribution is 2.16. The fraction of sp³-hybridized carbons (Fsp3) is 0.267. The van der Waals surface area contributed by atoms with Gasteiger partial charge in [-0.1, -0.05) is 17.7 Å². The molecule has 0 radical (unpaired) electrons. The molecule has 0 spiro atoms. The molecule has 0 aliphatic heterocycles. The molecule has 3 heteroatoms. The van der Waals surface area contributed by atoms with Gasteiger partial charge in [0, 0.05) is 5.56 Å². The number of rotatable bonds is 3. The van der Waals surface area contributed by atoms with Crippen LogP contribution < -0.4 is 5.32 Å². The molecule has 2 aromatic rings. The number of benzene rings is 1. The summed E-state index contributed by atoms with van der Waals surface area (Å²) in [4.78, 5) is 12.1. The van der Waals surface area contributed by atoms with E-state index in [1.807, 2.05) is 45.0 Å². The third kappa shape index (κ3) is 2.62. The van der Waals surface area contributed by atoms with Gasteiger partial charge in [-0.3, -0.25) is 4.79 Å². The van der Waals surface area contributed by atoms with Crippen LogP contribution in [0.15, 0.2) is 34.9 Å². The summed E-state index contributed by atoms with van der Waals surface area (Å²) >= 11 is 0. The maximum absolute atomic E-state index is 12.1. The summed E-state index contributed by atoms with van der Waals surface area (Å²) in [6, 6.07) is 7.70. The highest BCUT2D eigenvalue weighted by molar-refractivity contribution is 5.97. The Morgan fingerprint density at radius 2 is 1.89 bits per heavy atom. The van der Waals surface area contributed by atoms with Crippen molar-refractivity contribution in [3.05, 3.63) is 58.5 Å². The van der Waals surface area contributed by atoms with Gasteiger partial charge in [0.25, 0.3) is 5.91 Å². The molecule has 1 amide bonds. The Morgan fingerprint density at radius 3 is 2.44 bits per heavy atom. The van der Waals surface area contributed by atoms with E-state index in [4.69, 9.17) is 4.42 Å². The Morgan fingerprint density at radius 1 is 1.22 bits per heavy atom. The lowest BCUT2D eigenvalue weighted by Crippen LogP contribution is -2.24. The maximum atomic E-state index is 12.1. The molecule has 0 saturated carbocycles. The number of amides is 1. The van der Waals surface area contributed by atoms with E-state index in [0.29, 0.717) is 6.54 Å². The second-order valence-corrected chi connectivity index (χ2v) is 4.54. The summed E-state index contributed by atoms with van der Waals surface area (Å²) in [5.41, 5.74) is 3.94. The normalized spacial score (nSPS) is 10.4. The third-order valence-corrected chi connectivity index (χ3v) is 2.91. The molecule has 0 unspecified atom stereocenters. The van der Waals surface area contributed by atoms with Gasteiger partial charge in [-0.25, -0.2) is 0 Å². The molecule has 0 bridgehead atoms. The van der Waals surface area contributed by atoms with Crippen LogP contribution in [-0.4, -0.2) is 5.91 Å². The quantitative estimate of drug-likeness (QED) is 0.899. The minimum atomic E-state index is -0.0543. The number of nitrogens with one attached hydrogen (secondary N) is 1. The molecule has 0 fully saturated rings. The minimum Gasteiger partial charge on any atom is -0.467 e. The molecule has 0 saturated heterocycles. The van der Waals surface area contributed by atoms with E-state index in [0.717, 1.165) is 22.5 Å². The molecule has 1 N–H and O–H groups in total. The second-order valence-electron chi connectivity index (χ2n) is 4.54. The summed E-state index contributed by atoms with van der Waals surface area (Å²) in [6.45, 7) is 6.37. The molecule has 1 aromatic carbocycles. The van der Waals surface area contributed by atoms with Gasteiger partial charge >= 0.3 is 0 Å². The van der Waals surface area contributed by atoms with Crippen molar-refractivity contribution in [2.75, 3.05) is 0 Å². The highest BCUT2D eigenvalue weighted by Gasteiger charge is 2.12. The Bertz CT molecular complexity index is 533. The van der Waals surface area contributed by atoms with Gasteiger partial charge < -0.3 is 9.73 Å². The number of carbonyl (C=O) groups excluding carboxylic acids is 1. The van der Waals surface area contributed by atoms with Gasteiger partial charge in [-0.05, 0) is 44.0 Å². The van der Waals surface area contributed by atoms with Crippen LogP contribution in [-0.2, 0) is 6.54 Å². The smallest absolute Gasteiger partial charge is 0.252 e. The van der Waals surface area contributed by atoms with Crippen molar-refractivity contribution in [1.82, 2.24) is 5.32 Å². The number of hydrogen-bond acceptors (Lipinski definition) is 2. The van der Waals surface area contributed by atoms with Gasteiger partial charge in [-0.15, -0.1) is 0 Å². The maximum Gasteiger partial charge on any atom is 0.252 e. The Labute approximate surface area is 107 Å². The van der Waals surface area contributed by atoms with Crippen LogP contribution >= 0.6 is 0 Å². The van der Waals surface area contributed by atoms with Crippen molar-refractivity contribution in [2.24, 2.45) is 0 Å². The molecule has 94 valence electrons. The number of carbonyl (C=O) groups is 1. The van der Waals surface area contributed by atoms with Crippen LogP contribution in [0.25, 0.3) is 0 Å². The second kappa shape index (κ2) is 5.08. The molecular weight excluding hydrogens is 226 g/mol. The van der Waals surface area contributed by atoms with E-state index >= 15 is 0 Å². The molecule has 18 heavy (non-hydrogen) atoms. The van der Waals surface area contributed by atoms with Gasteiger partial charge in [0.15, 0.2) is 0 Å². The van der Waals surface area contributed by atoms with E-state index in [1.54, 1.807) is 6.26 Å². The summed E-state index contributed by atoms with van der Waals surface area (Å²) in [6.07, 6.45) is 1.60. The van der Waals surface area contributed by atoms with Crippen molar-refractivity contribution < 1.29 is 9.21 Å².